The summed E-state index contributed by atoms with van der Waals surface area (Å²) in [5, 5.41) is 10.8. The minimum absolute atomic E-state index is 0.178. The van der Waals surface area contributed by atoms with Gasteiger partial charge >= 0.3 is 0 Å². The molecule has 0 fully saturated rings. The van der Waals surface area contributed by atoms with Crippen molar-refractivity contribution in [1.29, 1.82) is 0 Å². The molecule has 3 N–H and O–H groups in total. The highest BCUT2D eigenvalue weighted by Crippen LogP contribution is 2.20. The summed E-state index contributed by atoms with van der Waals surface area (Å²) in [6, 6.07) is 16.2. The SMILES string of the molecule is CC(N)Cc1ccc2c(ccn2Cc2cccc(O)c2)c1. The molecule has 1 unspecified atom stereocenters. The highest BCUT2D eigenvalue weighted by Gasteiger charge is 2.05. The number of fused-ring (bicyclic) bond motifs is 1. The van der Waals surface area contributed by atoms with Crippen LogP contribution in [0.3, 0.4) is 0 Å². The lowest BCUT2D eigenvalue weighted by atomic mass is 10.1. The van der Waals surface area contributed by atoms with E-state index in [1.54, 1.807) is 12.1 Å². The second-order valence-electron chi connectivity index (χ2n) is 5.69. The van der Waals surface area contributed by atoms with E-state index < -0.39 is 0 Å². The van der Waals surface area contributed by atoms with Crippen molar-refractivity contribution in [3.05, 3.63) is 65.9 Å². The van der Waals surface area contributed by atoms with Gasteiger partial charge in [-0.05, 0) is 60.2 Å². The van der Waals surface area contributed by atoms with E-state index in [0.29, 0.717) is 5.75 Å². The van der Waals surface area contributed by atoms with E-state index in [4.69, 9.17) is 5.73 Å². The third-order valence-electron chi connectivity index (χ3n) is 3.66. The topological polar surface area (TPSA) is 51.2 Å². The van der Waals surface area contributed by atoms with Gasteiger partial charge in [0, 0.05) is 24.3 Å². The summed E-state index contributed by atoms with van der Waals surface area (Å²) in [5.74, 6) is 0.309. The van der Waals surface area contributed by atoms with E-state index in [1.807, 2.05) is 19.1 Å². The van der Waals surface area contributed by atoms with E-state index >= 15 is 0 Å². The Morgan fingerprint density at radius 1 is 1.10 bits per heavy atom. The van der Waals surface area contributed by atoms with Gasteiger partial charge in [-0.25, -0.2) is 0 Å². The molecule has 0 spiro atoms. The van der Waals surface area contributed by atoms with Gasteiger partial charge in [-0.3, -0.25) is 0 Å². The molecule has 3 aromatic rings. The first-order valence-corrected chi connectivity index (χ1v) is 7.23. The molecule has 0 radical (unpaired) electrons. The average Bonchev–Trinajstić information content (AvgIpc) is 2.81. The zero-order valence-corrected chi connectivity index (χ0v) is 12.2. The molecular formula is C18H20N2O. The summed E-state index contributed by atoms with van der Waals surface area (Å²) in [6.45, 7) is 2.78. The standard InChI is InChI=1S/C18H20N2O/c1-13(19)9-14-5-6-18-16(10-14)7-8-20(18)12-15-3-2-4-17(21)11-15/h2-8,10-11,13,21H,9,12,19H2,1H3. The molecule has 1 aromatic heterocycles. The minimum Gasteiger partial charge on any atom is -0.508 e. The third-order valence-corrected chi connectivity index (χ3v) is 3.66. The molecule has 108 valence electrons. The van der Waals surface area contributed by atoms with Crippen LogP contribution in [0.2, 0.25) is 0 Å². The van der Waals surface area contributed by atoms with Gasteiger partial charge in [0.15, 0.2) is 0 Å². The Balaban J connectivity index is 1.90. The van der Waals surface area contributed by atoms with Crippen LogP contribution in [-0.2, 0) is 13.0 Å². The van der Waals surface area contributed by atoms with Crippen LogP contribution in [0.4, 0.5) is 0 Å². The van der Waals surface area contributed by atoms with Crippen LogP contribution in [0.1, 0.15) is 18.1 Å². The number of phenolic OH excluding ortho intramolecular Hbond substituents is 1. The van der Waals surface area contributed by atoms with E-state index in [1.165, 1.54) is 16.5 Å². The fourth-order valence-corrected chi connectivity index (χ4v) is 2.74. The molecule has 0 aliphatic rings. The lowest BCUT2D eigenvalue weighted by molar-refractivity contribution is 0.474. The van der Waals surface area contributed by atoms with Crippen molar-refractivity contribution in [1.82, 2.24) is 4.57 Å². The van der Waals surface area contributed by atoms with Crippen molar-refractivity contribution in [2.45, 2.75) is 25.9 Å². The molecule has 0 saturated heterocycles. The summed E-state index contributed by atoms with van der Waals surface area (Å²) >= 11 is 0. The molecule has 0 aliphatic heterocycles. The largest absolute Gasteiger partial charge is 0.508 e. The van der Waals surface area contributed by atoms with Crippen molar-refractivity contribution in [2.24, 2.45) is 5.73 Å². The molecule has 1 atom stereocenters. The Hall–Kier alpha value is -2.26. The number of benzene rings is 2. The van der Waals surface area contributed by atoms with Crippen LogP contribution in [0.15, 0.2) is 54.7 Å². The first-order chi connectivity index (χ1) is 10.1. The maximum Gasteiger partial charge on any atom is 0.115 e. The zero-order valence-electron chi connectivity index (χ0n) is 12.2. The van der Waals surface area contributed by atoms with Gasteiger partial charge in [-0.15, -0.1) is 0 Å². The zero-order chi connectivity index (χ0) is 14.8. The van der Waals surface area contributed by atoms with Crippen molar-refractivity contribution < 1.29 is 5.11 Å². The molecule has 2 aromatic carbocycles. The predicted octanol–water partition coefficient (Wildman–Crippen LogP) is 3.28. The maximum absolute atomic E-state index is 9.55. The van der Waals surface area contributed by atoms with Gasteiger partial charge in [0.2, 0.25) is 0 Å². The Kier molecular flexibility index (Phi) is 3.67. The quantitative estimate of drug-likeness (QED) is 0.770. The summed E-state index contributed by atoms with van der Waals surface area (Å²) < 4.78 is 2.19. The number of phenols is 1. The van der Waals surface area contributed by atoms with E-state index in [9.17, 15) is 5.11 Å². The molecule has 0 amide bonds. The molecule has 3 nitrogen and oxygen atoms in total. The fraction of sp³-hybridized carbons (Fsp3) is 0.222. The van der Waals surface area contributed by atoms with Crippen molar-refractivity contribution >= 4 is 10.9 Å². The van der Waals surface area contributed by atoms with Crippen LogP contribution < -0.4 is 5.73 Å². The van der Waals surface area contributed by atoms with Crippen molar-refractivity contribution in [2.75, 3.05) is 0 Å². The molecule has 21 heavy (non-hydrogen) atoms. The number of rotatable bonds is 4. The van der Waals surface area contributed by atoms with E-state index in [0.717, 1.165) is 18.5 Å². The highest BCUT2D eigenvalue weighted by molar-refractivity contribution is 5.81. The number of hydrogen-bond donors (Lipinski definition) is 2. The maximum atomic E-state index is 9.55. The van der Waals surface area contributed by atoms with Gasteiger partial charge in [0.05, 0.1) is 0 Å². The van der Waals surface area contributed by atoms with Gasteiger partial charge < -0.3 is 15.4 Å². The molecular weight excluding hydrogens is 260 g/mol. The van der Waals surface area contributed by atoms with E-state index in [2.05, 4.69) is 35.0 Å². The number of aromatic hydroxyl groups is 1. The van der Waals surface area contributed by atoms with Gasteiger partial charge in [0.1, 0.15) is 5.75 Å². The van der Waals surface area contributed by atoms with E-state index in [-0.39, 0.29) is 6.04 Å². The van der Waals surface area contributed by atoms with Crippen molar-refractivity contribution in [3.8, 4) is 5.75 Å². The third kappa shape index (κ3) is 3.09. The van der Waals surface area contributed by atoms with Crippen LogP contribution >= 0.6 is 0 Å². The van der Waals surface area contributed by atoms with Crippen LogP contribution in [0.25, 0.3) is 10.9 Å². The van der Waals surface area contributed by atoms with Crippen LogP contribution in [0, 0.1) is 0 Å². The minimum atomic E-state index is 0.178. The normalized spacial score (nSPS) is 12.7. The highest BCUT2D eigenvalue weighted by atomic mass is 16.3. The van der Waals surface area contributed by atoms with Gasteiger partial charge in [0.25, 0.3) is 0 Å². The summed E-state index contributed by atoms with van der Waals surface area (Å²) in [6.07, 6.45) is 2.98. The fourth-order valence-electron chi connectivity index (χ4n) is 2.74. The molecule has 3 heteroatoms. The Morgan fingerprint density at radius 3 is 2.71 bits per heavy atom. The van der Waals surface area contributed by atoms with Crippen LogP contribution in [0.5, 0.6) is 5.75 Å². The molecule has 3 rings (SSSR count). The number of hydrogen-bond acceptors (Lipinski definition) is 2. The number of aromatic nitrogens is 1. The van der Waals surface area contributed by atoms with Gasteiger partial charge in [-0.1, -0.05) is 18.2 Å². The Morgan fingerprint density at radius 2 is 1.95 bits per heavy atom. The Bertz CT molecular complexity index is 759. The van der Waals surface area contributed by atoms with Crippen molar-refractivity contribution in [3.63, 3.8) is 0 Å². The lowest BCUT2D eigenvalue weighted by Crippen LogP contribution is -2.17. The second kappa shape index (κ2) is 5.62. The Labute approximate surface area is 124 Å². The predicted molar refractivity (Wildman–Crippen MR) is 86.5 cm³/mol. The van der Waals surface area contributed by atoms with Gasteiger partial charge in [-0.2, -0.15) is 0 Å². The lowest BCUT2D eigenvalue weighted by Gasteiger charge is -2.08. The number of nitrogens with zero attached hydrogens (tertiary/aromatic N) is 1. The molecule has 0 aliphatic carbocycles. The summed E-state index contributed by atoms with van der Waals surface area (Å²) in [5.41, 5.74) is 9.42. The second-order valence-corrected chi connectivity index (χ2v) is 5.69. The molecule has 0 saturated carbocycles. The average molecular weight is 280 g/mol. The summed E-state index contributed by atoms with van der Waals surface area (Å²) in [4.78, 5) is 0. The smallest absolute Gasteiger partial charge is 0.115 e. The monoisotopic (exact) mass is 280 g/mol. The first kappa shape index (κ1) is 13.7. The van der Waals surface area contributed by atoms with Crippen LogP contribution in [-0.4, -0.2) is 15.7 Å². The number of nitrogens with two attached hydrogens (primary N) is 1. The first-order valence-electron chi connectivity index (χ1n) is 7.23. The molecule has 0 bridgehead atoms. The summed E-state index contributed by atoms with van der Waals surface area (Å²) in [7, 11) is 0. The molecule has 1 heterocycles.